The van der Waals surface area contributed by atoms with Crippen molar-refractivity contribution in [2.45, 2.75) is 327 Å². The first kappa shape index (κ1) is 94.4. The third kappa shape index (κ3) is 37.8. The Hall–Kier alpha value is -8.50. The number of carbonyl (C=O) groups excluding carboxylic acids is 7. The lowest BCUT2D eigenvalue weighted by Gasteiger charge is -2.47. The van der Waals surface area contributed by atoms with Crippen LogP contribution in [0.4, 0.5) is 24.0 Å². The summed E-state index contributed by atoms with van der Waals surface area (Å²) in [6.07, 6.45) is 12.4. The highest BCUT2D eigenvalue weighted by Gasteiger charge is 2.62. The van der Waals surface area contributed by atoms with Crippen LogP contribution in [0.2, 0.25) is 0 Å². The minimum atomic E-state index is -5.85. The number of rotatable bonds is 55. The van der Waals surface area contributed by atoms with Gasteiger partial charge in [-0.3, -0.25) is 18.6 Å². The number of nitrogens with one attached hydrogen (secondary N) is 5. The van der Waals surface area contributed by atoms with Crippen LogP contribution in [0.25, 0.3) is 0 Å². The van der Waals surface area contributed by atoms with Crippen molar-refractivity contribution in [3.63, 3.8) is 0 Å². The van der Waals surface area contributed by atoms with Crippen molar-refractivity contribution >= 4 is 50.2 Å². The monoisotopic (exact) mass is 1600 g/mol. The maximum Gasteiger partial charge on any atom is 0.472 e. The molecule has 0 aliphatic heterocycles. The molecule has 3 unspecified atom stereocenters. The smallest absolute Gasteiger partial charge is 0.462 e. The van der Waals surface area contributed by atoms with Crippen LogP contribution in [0.3, 0.4) is 0 Å². The second kappa shape index (κ2) is 55.1. The number of esters is 2. The van der Waals surface area contributed by atoms with Crippen LogP contribution in [0, 0.1) is 0 Å². The SMILES string of the molecule is CCCCCCCCCCCCCCCCCC(=O)OC[C@H](COP(=O)(O)OC1[C@@H](OC(=O)N[C@H](C)c2ccccc2)[C@H](OC(=O)N[C@H](C)c2ccccc2)C(OC(=O)N[C@H](C)c2ccccc2)[C@@H](OC(=O)N[C@H](C)c2ccccc2)[C@H]1OC(=O)N[C@H](C)c1ccccc1)OC(=O)CCCCCCCCCCCCCCCCC. The van der Waals surface area contributed by atoms with Gasteiger partial charge in [-0.25, -0.2) is 28.5 Å². The van der Waals surface area contributed by atoms with Gasteiger partial charge in [-0.1, -0.05) is 345 Å². The van der Waals surface area contributed by atoms with Gasteiger partial charge in [-0.15, -0.1) is 0 Å². The highest BCUT2D eigenvalue weighted by molar-refractivity contribution is 7.47. The molecular weight excluding hydrogens is 1470 g/mol. The number of phosphoric ester groups is 1. The summed E-state index contributed by atoms with van der Waals surface area (Å²) < 4.78 is 70.6. The normalized spacial score (nSPS) is 18.0. The van der Waals surface area contributed by atoms with E-state index in [1.54, 1.807) is 186 Å². The first-order chi connectivity index (χ1) is 55.2. The molecule has 0 saturated heterocycles. The highest BCUT2D eigenvalue weighted by atomic mass is 31.2. The predicted molar refractivity (Wildman–Crippen MR) is 442 cm³/mol. The maximum absolute atomic E-state index is 15.4. The van der Waals surface area contributed by atoms with E-state index in [0.717, 1.165) is 57.8 Å². The van der Waals surface area contributed by atoms with Gasteiger partial charge in [0.15, 0.2) is 42.7 Å². The summed E-state index contributed by atoms with van der Waals surface area (Å²) in [5.41, 5.74) is 3.04. The average Bonchev–Trinajstić information content (AvgIpc) is 0.751. The molecule has 114 heavy (non-hydrogen) atoms. The van der Waals surface area contributed by atoms with E-state index >= 15 is 4.57 Å². The molecule has 24 heteroatoms. The van der Waals surface area contributed by atoms with Crippen molar-refractivity contribution in [2.75, 3.05) is 13.2 Å². The summed E-state index contributed by atoms with van der Waals surface area (Å²) in [6, 6.07) is 39.8. The molecule has 1 aliphatic rings. The molecule has 0 radical (unpaired) electrons. The molecule has 6 N–H and O–H groups in total. The Balaban J connectivity index is 1.35. The second-order valence-electron chi connectivity index (χ2n) is 30.3. The van der Waals surface area contributed by atoms with E-state index in [1.807, 2.05) is 0 Å². The topological polar surface area (TPSA) is 300 Å². The van der Waals surface area contributed by atoms with Crippen molar-refractivity contribution < 1.29 is 85.2 Å². The van der Waals surface area contributed by atoms with Gasteiger partial charge in [0.25, 0.3) is 0 Å². The van der Waals surface area contributed by atoms with Crippen molar-refractivity contribution in [2.24, 2.45) is 0 Å². The highest BCUT2D eigenvalue weighted by Crippen LogP contribution is 2.49. The zero-order valence-corrected chi connectivity index (χ0v) is 69.6. The van der Waals surface area contributed by atoms with Gasteiger partial charge in [0.2, 0.25) is 0 Å². The Bertz CT molecular complexity index is 3400. The summed E-state index contributed by atoms with van der Waals surface area (Å²) >= 11 is 0. The number of carbonyl (C=O) groups is 7. The fraction of sp³-hybridized carbons (Fsp3) is 0.589. The fourth-order valence-corrected chi connectivity index (χ4v) is 14.9. The van der Waals surface area contributed by atoms with Gasteiger partial charge in [0, 0.05) is 12.8 Å². The second-order valence-corrected chi connectivity index (χ2v) is 31.7. The number of hydrogen-bond donors (Lipinski definition) is 6. The Morgan fingerprint density at radius 2 is 0.535 bits per heavy atom. The molecule has 1 aliphatic carbocycles. The lowest BCUT2D eigenvalue weighted by atomic mass is 9.84. The first-order valence-electron chi connectivity index (χ1n) is 42.3. The molecule has 5 aromatic carbocycles. The summed E-state index contributed by atoms with van der Waals surface area (Å²) in [4.78, 5) is 114. The van der Waals surface area contributed by atoms with Gasteiger partial charge < -0.3 is 64.6 Å². The summed E-state index contributed by atoms with van der Waals surface area (Å²) in [5, 5.41) is 13.7. The van der Waals surface area contributed by atoms with Crippen LogP contribution < -0.4 is 26.6 Å². The molecule has 23 nitrogen and oxygen atoms in total. The van der Waals surface area contributed by atoms with E-state index < -0.39 is 136 Å². The third-order valence-electron chi connectivity index (χ3n) is 20.7. The molecule has 0 spiro atoms. The van der Waals surface area contributed by atoms with E-state index in [9.17, 15) is 38.5 Å². The van der Waals surface area contributed by atoms with Crippen molar-refractivity contribution in [1.82, 2.24) is 26.6 Å². The zero-order chi connectivity index (χ0) is 82.0. The number of alkyl carbamates (subject to hydrolysis) is 5. The minimum absolute atomic E-state index is 0.0320. The average molecular weight is 1600 g/mol. The summed E-state index contributed by atoms with van der Waals surface area (Å²) in [7, 11) is -5.85. The van der Waals surface area contributed by atoms with Gasteiger partial charge in [-0.05, 0) is 75.3 Å². The molecule has 13 atom stereocenters. The molecule has 0 bridgehead atoms. The molecule has 1 saturated carbocycles. The number of hydrogen-bond acceptors (Lipinski definition) is 17. The van der Waals surface area contributed by atoms with Crippen LogP contribution in [0.15, 0.2) is 152 Å². The lowest BCUT2D eigenvalue weighted by molar-refractivity contribution is -0.218. The van der Waals surface area contributed by atoms with Crippen LogP contribution in [-0.2, 0) is 56.4 Å². The van der Waals surface area contributed by atoms with Gasteiger partial charge in [0.05, 0.1) is 36.8 Å². The Morgan fingerprint density at radius 1 is 0.316 bits per heavy atom. The Morgan fingerprint density at radius 3 is 0.781 bits per heavy atom. The molecule has 5 aromatic rings. The lowest BCUT2D eigenvalue weighted by Crippen LogP contribution is -2.70. The van der Waals surface area contributed by atoms with Gasteiger partial charge in [0.1, 0.15) is 6.61 Å². The Kier molecular flexibility index (Phi) is 45.6. The number of phosphoric acid groups is 1. The van der Waals surface area contributed by atoms with Crippen LogP contribution in [-0.4, -0.2) is 103 Å². The molecular formula is C90H132N5O18P. The van der Waals surface area contributed by atoms with E-state index in [-0.39, 0.29) is 12.8 Å². The van der Waals surface area contributed by atoms with Crippen molar-refractivity contribution in [3.8, 4) is 0 Å². The van der Waals surface area contributed by atoms with Crippen molar-refractivity contribution in [1.29, 1.82) is 0 Å². The summed E-state index contributed by atoms with van der Waals surface area (Å²) in [6.45, 7) is 11.2. The number of ether oxygens (including phenoxy) is 7. The molecule has 5 amide bonds. The quantitative estimate of drug-likeness (QED) is 0.00912. The molecule has 630 valence electrons. The number of benzene rings is 5. The fourth-order valence-electron chi connectivity index (χ4n) is 14.0. The largest absolute Gasteiger partial charge is 0.472 e. The molecule has 6 rings (SSSR count). The van der Waals surface area contributed by atoms with Gasteiger partial charge >= 0.3 is 50.2 Å². The Labute approximate surface area is 678 Å². The maximum atomic E-state index is 15.4. The first-order valence-corrected chi connectivity index (χ1v) is 43.8. The molecule has 1 fully saturated rings. The van der Waals surface area contributed by atoms with E-state index in [1.165, 1.54) is 122 Å². The van der Waals surface area contributed by atoms with E-state index in [0.29, 0.717) is 40.7 Å². The predicted octanol–water partition coefficient (Wildman–Crippen LogP) is 21.8. The number of amides is 5. The molecule has 0 heterocycles. The summed E-state index contributed by atoms with van der Waals surface area (Å²) in [5.74, 6) is -1.29. The van der Waals surface area contributed by atoms with Crippen molar-refractivity contribution in [3.05, 3.63) is 179 Å². The minimum Gasteiger partial charge on any atom is -0.462 e. The van der Waals surface area contributed by atoms with Crippen LogP contribution in [0.1, 0.15) is 312 Å². The van der Waals surface area contributed by atoms with E-state index in [2.05, 4.69) is 40.4 Å². The third-order valence-corrected chi connectivity index (χ3v) is 21.7. The molecule has 0 aromatic heterocycles. The number of unbranched alkanes of at least 4 members (excludes halogenated alkanes) is 28. The van der Waals surface area contributed by atoms with Crippen LogP contribution >= 0.6 is 7.82 Å². The zero-order valence-electron chi connectivity index (χ0n) is 68.7. The van der Waals surface area contributed by atoms with Gasteiger partial charge in [-0.2, -0.15) is 0 Å². The standard InChI is InChI=1S/C90H132N5O18P/c1-8-10-12-14-16-18-20-22-24-26-28-30-32-34-51-63-78(96)105-65-77(107-79(97)64-52-35-33-31-29-27-25-23-21-19-17-15-13-11-9-2)66-106-114(103,104)113-85-83(111-89(101)94-70(6)75-59-47-39-48-60-75)81(109-87(99)92-68(4)73-55-43-37-44-56-73)80(108-86(98)91-67(3)72-53-41-36-42-54-72)82(110-88(100)93-69(5)74-57-45-38-46-58-74)84(85)112-90(102)95-71(7)76-61-49-40-50-62-76/h36-50,53-62,67-71,77,80-85H,8-35,51-52,63-66H2,1-7H3,(H,91,98)(H,92,99)(H,93,100)(H,94,101)(H,95,102)(H,103,104)/t67-,68-,69-,70-,71-,77-,80?,81-,82-,83-,84+,85?/m1/s1. The van der Waals surface area contributed by atoms with Crippen LogP contribution in [0.5, 0.6) is 0 Å². The van der Waals surface area contributed by atoms with E-state index in [4.69, 9.17) is 42.2 Å².